The number of nitrogens with one attached hydrogen (secondary N) is 1. The molecule has 102 valence electrons. The van der Waals surface area contributed by atoms with Gasteiger partial charge in [-0.2, -0.15) is 11.8 Å². The van der Waals surface area contributed by atoms with Crippen LogP contribution >= 0.6 is 11.8 Å². The van der Waals surface area contributed by atoms with E-state index < -0.39 is 0 Å². The average Bonchev–Trinajstić information content (AvgIpc) is 2.39. The van der Waals surface area contributed by atoms with Crippen LogP contribution in [0.25, 0.3) is 0 Å². The first-order valence-electron chi connectivity index (χ1n) is 6.09. The molecule has 3 nitrogen and oxygen atoms in total. The number of thioether (sulfide) groups is 1. The molecule has 0 fully saturated rings. The predicted octanol–water partition coefficient (Wildman–Crippen LogP) is 2.72. The molecule has 1 aromatic carbocycles. The second kappa shape index (κ2) is 8.21. The molecule has 0 aromatic heterocycles. The number of hydrogen-bond donors (Lipinski definition) is 2. The molecule has 3 N–H and O–H groups in total. The first-order valence-corrected chi connectivity index (χ1v) is 7.24. The van der Waals surface area contributed by atoms with E-state index in [9.17, 15) is 4.39 Å². The second-order valence-electron chi connectivity index (χ2n) is 3.91. The zero-order valence-electron chi connectivity index (χ0n) is 10.9. The van der Waals surface area contributed by atoms with Gasteiger partial charge >= 0.3 is 0 Å². The van der Waals surface area contributed by atoms with Gasteiger partial charge in [0.2, 0.25) is 0 Å². The lowest BCUT2D eigenvalue weighted by Crippen LogP contribution is -2.29. The summed E-state index contributed by atoms with van der Waals surface area (Å²) >= 11 is 1.89. The van der Waals surface area contributed by atoms with E-state index >= 15 is 0 Å². The molecule has 18 heavy (non-hydrogen) atoms. The Bertz CT molecular complexity index is 363. The van der Waals surface area contributed by atoms with Crippen LogP contribution in [0.4, 0.5) is 10.1 Å². The third-order valence-electron chi connectivity index (χ3n) is 2.62. The molecule has 0 heterocycles. The zero-order chi connectivity index (χ0) is 13.4. The molecule has 0 aliphatic rings. The summed E-state index contributed by atoms with van der Waals surface area (Å²) in [6.45, 7) is 2.70. The van der Waals surface area contributed by atoms with Crippen LogP contribution in [-0.4, -0.2) is 31.2 Å². The van der Waals surface area contributed by atoms with E-state index in [0.29, 0.717) is 6.54 Å². The fourth-order valence-corrected chi connectivity index (χ4v) is 2.34. The summed E-state index contributed by atoms with van der Waals surface area (Å²) in [5, 5.41) is 3.30. The van der Waals surface area contributed by atoms with Crippen molar-refractivity contribution in [2.75, 3.05) is 30.5 Å². The minimum absolute atomic E-state index is 0.208. The van der Waals surface area contributed by atoms with E-state index in [1.54, 1.807) is 12.1 Å². The van der Waals surface area contributed by atoms with E-state index in [-0.39, 0.29) is 17.6 Å². The lowest BCUT2D eigenvalue weighted by molar-refractivity contribution is 0.386. The normalized spacial score (nSPS) is 12.2. The van der Waals surface area contributed by atoms with E-state index in [1.807, 2.05) is 11.8 Å². The van der Waals surface area contributed by atoms with E-state index in [2.05, 4.69) is 12.2 Å². The monoisotopic (exact) mass is 272 g/mol. The zero-order valence-corrected chi connectivity index (χ0v) is 11.7. The van der Waals surface area contributed by atoms with Crippen molar-refractivity contribution in [2.24, 2.45) is 5.73 Å². The Labute approximate surface area is 112 Å². The van der Waals surface area contributed by atoms with Crippen molar-refractivity contribution in [1.29, 1.82) is 0 Å². The number of methoxy groups -OCH3 is 1. The largest absolute Gasteiger partial charge is 0.494 e. The van der Waals surface area contributed by atoms with Crippen LogP contribution in [-0.2, 0) is 0 Å². The highest BCUT2D eigenvalue weighted by atomic mass is 32.2. The Morgan fingerprint density at radius 3 is 2.89 bits per heavy atom. The van der Waals surface area contributed by atoms with Crippen molar-refractivity contribution in [2.45, 2.75) is 19.4 Å². The quantitative estimate of drug-likeness (QED) is 0.714. The van der Waals surface area contributed by atoms with Gasteiger partial charge < -0.3 is 15.8 Å². The highest BCUT2D eigenvalue weighted by Crippen LogP contribution is 2.22. The molecule has 1 rings (SSSR count). The number of benzene rings is 1. The second-order valence-corrected chi connectivity index (χ2v) is 5.31. The standard InChI is InChI=1S/C13H21FN2OS/c1-3-18-7-6-11(9-15)16-10-4-5-12(14)13(8-10)17-2/h4-5,8,11,16H,3,6-7,9,15H2,1-2H3. The van der Waals surface area contributed by atoms with Gasteiger partial charge in [-0.25, -0.2) is 4.39 Å². The van der Waals surface area contributed by atoms with Crippen LogP contribution in [0.15, 0.2) is 18.2 Å². The van der Waals surface area contributed by atoms with Crippen LogP contribution in [0.3, 0.4) is 0 Å². The van der Waals surface area contributed by atoms with Gasteiger partial charge in [0.25, 0.3) is 0 Å². The van der Waals surface area contributed by atoms with Crippen molar-refractivity contribution in [1.82, 2.24) is 0 Å². The van der Waals surface area contributed by atoms with Crippen LogP contribution in [0.5, 0.6) is 5.75 Å². The van der Waals surface area contributed by atoms with Crippen molar-refractivity contribution in [3.05, 3.63) is 24.0 Å². The number of ether oxygens (including phenoxy) is 1. The van der Waals surface area contributed by atoms with Crippen LogP contribution < -0.4 is 15.8 Å². The summed E-state index contributed by atoms with van der Waals surface area (Å²) in [5.41, 5.74) is 6.56. The van der Waals surface area contributed by atoms with Gasteiger partial charge in [-0.1, -0.05) is 6.92 Å². The minimum Gasteiger partial charge on any atom is -0.494 e. The van der Waals surface area contributed by atoms with Crippen LogP contribution in [0, 0.1) is 5.82 Å². The molecular weight excluding hydrogens is 251 g/mol. The number of nitrogens with two attached hydrogens (primary N) is 1. The molecule has 1 unspecified atom stereocenters. The van der Waals surface area contributed by atoms with Crippen molar-refractivity contribution in [3.63, 3.8) is 0 Å². The molecule has 1 aromatic rings. The maximum atomic E-state index is 13.3. The Hall–Kier alpha value is -0.940. The van der Waals surface area contributed by atoms with E-state index in [4.69, 9.17) is 10.5 Å². The molecule has 0 saturated carbocycles. The van der Waals surface area contributed by atoms with E-state index in [1.165, 1.54) is 13.2 Å². The van der Waals surface area contributed by atoms with Gasteiger partial charge in [0.1, 0.15) is 0 Å². The molecule has 1 atom stereocenters. The summed E-state index contributed by atoms with van der Waals surface area (Å²) < 4.78 is 18.2. The smallest absolute Gasteiger partial charge is 0.165 e. The first kappa shape index (κ1) is 15.1. The lowest BCUT2D eigenvalue weighted by Gasteiger charge is -2.18. The molecule has 0 saturated heterocycles. The molecule has 0 aliphatic carbocycles. The van der Waals surface area contributed by atoms with Crippen molar-refractivity contribution in [3.8, 4) is 5.75 Å². The number of anilines is 1. The summed E-state index contributed by atoms with van der Waals surface area (Å²) in [5.74, 6) is 2.08. The Morgan fingerprint density at radius 2 is 2.28 bits per heavy atom. The highest BCUT2D eigenvalue weighted by Gasteiger charge is 2.08. The summed E-state index contributed by atoms with van der Waals surface area (Å²) in [6.07, 6.45) is 0.995. The fraction of sp³-hybridized carbons (Fsp3) is 0.538. The molecular formula is C13H21FN2OS. The highest BCUT2D eigenvalue weighted by molar-refractivity contribution is 7.99. The number of halogens is 1. The molecule has 5 heteroatoms. The molecule has 0 aliphatic heterocycles. The van der Waals surface area contributed by atoms with Crippen LogP contribution in [0.2, 0.25) is 0 Å². The van der Waals surface area contributed by atoms with Gasteiger partial charge in [-0.3, -0.25) is 0 Å². The molecule has 0 radical (unpaired) electrons. The minimum atomic E-state index is -0.353. The Morgan fingerprint density at radius 1 is 1.50 bits per heavy atom. The average molecular weight is 272 g/mol. The fourth-order valence-electron chi connectivity index (χ4n) is 1.60. The van der Waals surface area contributed by atoms with Crippen molar-refractivity contribution < 1.29 is 9.13 Å². The molecule has 0 amide bonds. The molecule has 0 spiro atoms. The van der Waals surface area contributed by atoms with Gasteiger partial charge in [0.05, 0.1) is 7.11 Å². The van der Waals surface area contributed by atoms with Gasteiger partial charge in [0.15, 0.2) is 11.6 Å². The topological polar surface area (TPSA) is 47.3 Å². The maximum Gasteiger partial charge on any atom is 0.165 e. The Balaban J connectivity index is 2.58. The molecule has 0 bridgehead atoms. The third-order valence-corrected chi connectivity index (χ3v) is 3.55. The Kier molecular flexibility index (Phi) is 6.90. The third kappa shape index (κ3) is 4.74. The number of rotatable bonds is 8. The van der Waals surface area contributed by atoms with Crippen molar-refractivity contribution >= 4 is 17.4 Å². The maximum absolute atomic E-state index is 13.3. The van der Waals surface area contributed by atoms with E-state index in [0.717, 1.165) is 23.6 Å². The summed E-state index contributed by atoms with van der Waals surface area (Å²) in [6, 6.07) is 4.97. The lowest BCUT2D eigenvalue weighted by atomic mass is 10.2. The summed E-state index contributed by atoms with van der Waals surface area (Å²) in [4.78, 5) is 0. The SMILES string of the molecule is CCSCCC(CN)Nc1ccc(F)c(OC)c1. The first-order chi connectivity index (χ1) is 8.71. The van der Waals surface area contributed by atoms with Gasteiger partial charge in [0, 0.05) is 24.3 Å². The van der Waals surface area contributed by atoms with Gasteiger partial charge in [-0.05, 0) is 30.1 Å². The predicted molar refractivity (Wildman–Crippen MR) is 77.0 cm³/mol. The van der Waals surface area contributed by atoms with Crippen LogP contribution in [0.1, 0.15) is 13.3 Å². The van der Waals surface area contributed by atoms with Gasteiger partial charge in [-0.15, -0.1) is 0 Å². The number of hydrogen-bond acceptors (Lipinski definition) is 4. The summed E-state index contributed by atoms with van der Waals surface area (Å²) in [7, 11) is 1.46.